The lowest BCUT2D eigenvalue weighted by molar-refractivity contribution is -0.140. The maximum Gasteiger partial charge on any atom is 0.312 e. The summed E-state index contributed by atoms with van der Waals surface area (Å²) in [6.45, 7) is 4.42. The first-order valence-electron chi connectivity index (χ1n) is 6.07. The fourth-order valence-corrected chi connectivity index (χ4v) is 1.88. The number of carbonyl (C=O) groups excluding carboxylic acids is 1. The molecule has 0 spiro atoms. The van der Waals surface area contributed by atoms with Crippen molar-refractivity contribution in [2.24, 2.45) is 0 Å². The highest BCUT2D eigenvalue weighted by Crippen LogP contribution is 2.23. The summed E-state index contributed by atoms with van der Waals surface area (Å²) in [5.74, 6) is -0.736. The minimum Gasteiger partial charge on any atom is -0.496 e. The first kappa shape index (κ1) is 15.0. The monoisotopic (exact) mass is 265 g/mol. The maximum absolute atomic E-state index is 11.2. The van der Waals surface area contributed by atoms with Crippen LogP contribution >= 0.6 is 0 Å². The van der Waals surface area contributed by atoms with Crippen LogP contribution in [0.2, 0.25) is 0 Å². The molecular weight excluding hydrogens is 246 g/mol. The highest BCUT2D eigenvalue weighted by atomic mass is 16.5. The van der Waals surface area contributed by atoms with Crippen molar-refractivity contribution in [1.29, 1.82) is 0 Å². The average molecular weight is 265 g/mol. The summed E-state index contributed by atoms with van der Waals surface area (Å²) < 4.78 is 5.23. The molecule has 5 nitrogen and oxygen atoms in total. The first-order chi connectivity index (χ1) is 8.95. The first-order valence-corrected chi connectivity index (χ1v) is 6.07. The van der Waals surface area contributed by atoms with Crippen LogP contribution in [0.15, 0.2) is 12.1 Å². The lowest BCUT2D eigenvalue weighted by Gasteiger charge is -2.12. The average Bonchev–Trinajstić information content (AvgIpc) is 2.34. The number of hydrogen-bond donors (Lipinski definition) is 2. The van der Waals surface area contributed by atoms with E-state index in [-0.39, 0.29) is 0 Å². The molecule has 104 valence electrons. The van der Waals surface area contributed by atoms with Crippen molar-refractivity contribution in [2.75, 3.05) is 13.7 Å². The number of aliphatic carboxylic acids is 1. The molecule has 0 heterocycles. The Hall–Kier alpha value is -2.04. The van der Waals surface area contributed by atoms with Crippen molar-refractivity contribution in [1.82, 2.24) is 5.32 Å². The van der Waals surface area contributed by atoms with Crippen LogP contribution in [-0.2, 0) is 16.0 Å². The van der Waals surface area contributed by atoms with E-state index in [9.17, 15) is 9.59 Å². The maximum atomic E-state index is 11.2. The Balaban J connectivity index is 2.57. The van der Waals surface area contributed by atoms with Crippen LogP contribution in [0.25, 0.3) is 0 Å². The van der Waals surface area contributed by atoms with Crippen LogP contribution in [-0.4, -0.2) is 30.6 Å². The Bertz CT molecular complexity index is 483. The van der Waals surface area contributed by atoms with Gasteiger partial charge in [0.1, 0.15) is 12.2 Å². The van der Waals surface area contributed by atoms with E-state index < -0.39 is 18.3 Å². The number of rotatable bonds is 6. The summed E-state index contributed by atoms with van der Waals surface area (Å²) in [4.78, 5) is 21.5. The standard InChI is InChI=1S/C14H19NO4/c1-9-10(2)12(19-3)5-4-11(9)6-7-15-13(16)8-14(17)18/h4-5H,6-8H2,1-3H3,(H,15,16)(H,17,18). The van der Waals surface area contributed by atoms with Crippen LogP contribution in [0, 0.1) is 13.8 Å². The third kappa shape index (κ3) is 4.28. The molecule has 1 rings (SSSR count). The molecule has 0 aromatic heterocycles. The predicted octanol–water partition coefficient (Wildman–Crippen LogP) is 1.45. The number of carboxylic acid groups (broad SMARTS) is 1. The highest BCUT2D eigenvalue weighted by molar-refractivity contribution is 5.93. The number of benzene rings is 1. The molecule has 0 bridgehead atoms. The second kappa shape index (κ2) is 6.78. The zero-order valence-electron chi connectivity index (χ0n) is 11.4. The third-order valence-corrected chi connectivity index (χ3v) is 3.10. The van der Waals surface area contributed by atoms with Gasteiger partial charge in [0.2, 0.25) is 5.91 Å². The van der Waals surface area contributed by atoms with Crippen molar-refractivity contribution >= 4 is 11.9 Å². The van der Waals surface area contributed by atoms with Crippen molar-refractivity contribution in [3.63, 3.8) is 0 Å². The minimum absolute atomic E-state index is 0.429. The molecule has 0 saturated carbocycles. The number of carbonyl (C=O) groups is 2. The van der Waals surface area contributed by atoms with Gasteiger partial charge < -0.3 is 15.2 Å². The normalized spacial score (nSPS) is 10.1. The molecule has 0 unspecified atom stereocenters. The number of methoxy groups -OCH3 is 1. The van der Waals surface area contributed by atoms with Crippen LogP contribution in [0.5, 0.6) is 5.75 Å². The van der Waals surface area contributed by atoms with Gasteiger partial charge in [-0.1, -0.05) is 6.07 Å². The van der Waals surface area contributed by atoms with Gasteiger partial charge in [0.25, 0.3) is 0 Å². The van der Waals surface area contributed by atoms with E-state index in [2.05, 4.69) is 5.32 Å². The van der Waals surface area contributed by atoms with Gasteiger partial charge in [-0.15, -0.1) is 0 Å². The van der Waals surface area contributed by atoms with E-state index in [0.717, 1.165) is 22.4 Å². The molecular formula is C14H19NO4. The minimum atomic E-state index is -1.12. The van der Waals surface area contributed by atoms with Crippen molar-refractivity contribution in [3.8, 4) is 5.75 Å². The zero-order chi connectivity index (χ0) is 14.4. The quantitative estimate of drug-likeness (QED) is 0.763. The molecule has 1 amide bonds. The number of amides is 1. The predicted molar refractivity (Wildman–Crippen MR) is 71.4 cm³/mol. The molecule has 0 radical (unpaired) electrons. The van der Waals surface area contributed by atoms with Gasteiger partial charge in [0, 0.05) is 6.54 Å². The fraction of sp³-hybridized carbons (Fsp3) is 0.429. The molecule has 0 saturated heterocycles. The Morgan fingerprint density at radius 1 is 1.26 bits per heavy atom. The van der Waals surface area contributed by atoms with Gasteiger partial charge in [-0.2, -0.15) is 0 Å². The number of hydrogen-bond acceptors (Lipinski definition) is 3. The van der Waals surface area contributed by atoms with Crippen molar-refractivity contribution in [3.05, 3.63) is 28.8 Å². The van der Waals surface area contributed by atoms with E-state index in [1.54, 1.807) is 7.11 Å². The SMILES string of the molecule is COc1ccc(CCNC(=O)CC(=O)O)c(C)c1C. The van der Waals surface area contributed by atoms with Gasteiger partial charge >= 0.3 is 5.97 Å². The molecule has 1 aromatic rings. The Morgan fingerprint density at radius 2 is 1.95 bits per heavy atom. The molecule has 0 aliphatic heterocycles. The molecule has 5 heteroatoms. The summed E-state index contributed by atoms with van der Waals surface area (Å²) in [5, 5.41) is 11.1. The summed E-state index contributed by atoms with van der Waals surface area (Å²) in [5.41, 5.74) is 3.33. The summed E-state index contributed by atoms with van der Waals surface area (Å²) >= 11 is 0. The van der Waals surface area contributed by atoms with Crippen LogP contribution in [0.1, 0.15) is 23.1 Å². The van der Waals surface area contributed by atoms with Gasteiger partial charge in [-0.3, -0.25) is 9.59 Å². The van der Waals surface area contributed by atoms with Crippen molar-refractivity contribution < 1.29 is 19.4 Å². The zero-order valence-corrected chi connectivity index (χ0v) is 11.4. The Kier molecular flexibility index (Phi) is 5.36. The third-order valence-electron chi connectivity index (χ3n) is 3.10. The van der Waals surface area contributed by atoms with E-state index >= 15 is 0 Å². The van der Waals surface area contributed by atoms with Gasteiger partial charge in [0.05, 0.1) is 7.11 Å². The van der Waals surface area contributed by atoms with E-state index in [4.69, 9.17) is 9.84 Å². The molecule has 0 aliphatic rings. The highest BCUT2D eigenvalue weighted by Gasteiger charge is 2.09. The number of ether oxygens (including phenoxy) is 1. The van der Waals surface area contributed by atoms with E-state index in [1.165, 1.54) is 0 Å². The second-order valence-corrected chi connectivity index (χ2v) is 4.35. The molecule has 0 atom stereocenters. The van der Waals surface area contributed by atoms with Gasteiger partial charge in [0.15, 0.2) is 0 Å². The number of carboxylic acids is 1. The van der Waals surface area contributed by atoms with E-state index in [1.807, 2.05) is 26.0 Å². The largest absolute Gasteiger partial charge is 0.496 e. The smallest absolute Gasteiger partial charge is 0.312 e. The molecule has 19 heavy (non-hydrogen) atoms. The fourth-order valence-electron chi connectivity index (χ4n) is 1.88. The van der Waals surface area contributed by atoms with Crippen molar-refractivity contribution in [2.45, 2.75) is 26.7 Å². The Morgan fingerprint density at radius 3 is 2.53 bits per heavy atom. The molecule has 1 aromatic carbocycles. The van der Waals surface area contributed by atoms with E-state index in [0.29, 0.717) is 13.0 Å². The molecule has 0 fully saturated rings. The lowest BCUT2D eigenvalue weighted by atomic mass is 10.00. The topological polar surface area (TPSA) is 75.6 Å². The van der Waals surface area contributed by atoms with Crippen LogP contribution in [0.4, 0.5) is 0 Å². The summed E-state index contributed by atoms with van der Waals surface area (Å²) in [6.07, 6.45) is 0.183. The summed E-state index contributed by atoms with van der Waals surface area (Å²) in [6, 6.07) is 3.86. The number of nitrogens with one attached hydrogen (secondary N) is 1. The summed E-state index contributed by atoms with van der Waals surface area (Å²) in [7, 11) is 1.63. The Labute approximate surface area is 112 Å². The molecule has 2 N–H and O–H groups in total. The van der Waals surface area contributed by atoms with Gasteiger partial charge in [-0.25, -0.2) is 0 Å². The molecule has 0 aliphatic carbocycles. The van der Waals surface area contributed by atoms with Crippen LogP contribution in [0.3, 0.4) is 0 Å². The lowest BCUT2D eigenvalue weighted by Crippen LogP contribution is -2.27. The van der Waals surface area contributed by atoms with Gasteiger partial charge in [-0.05, 0) is 43.0 Å². The van der Waals surface area contributed by atoms with Crippen LogP contribution < -0.4 is 10.1 Å². The second-order valence-electron chi connectivity index (χ2n) is 4.35.